The fraction of sp³-hybridized carbons (Fsp3) is 0.0556. The number of benzene rings is 3. The topological polar surface area (TPSA) is 24.1 Å². The number of anilines is 2. The first kappa shape index (κ1) is 13.6. The van der Waals surface area contributed by atoms with Crippen molar-refractivity contribution in [1.29, 1.82) is 0 Å². The maximum absolute atomic E-state index is 5.42. The molecule has 0 aromatic heterocycles. The van der Waals surface area contributed by atoms with E-state index in [0.29, 0.717) is 6.54 Å². The van der Waals surface area contributed by atoms with Crippen molar-refractivity contribution in [2.45, 2.75) is 0 Å². The molecule has 0 aliphatic carbocycles. The van der Waals surface area contributed by atoms with Gasteiger partial charge in [0, 0.05) is 16.8 Å². The first-order chi connectivity index (χ1) is 10.3. The second kappa shape index (κ2) is 6.37. The van der Waals surface area contributed by atoms with Crippen LogP contribution in [-0.4, -0.2) is 11.5 Å². The Labute approximate surface area is 129 Å². The maximum Gasteiger partial charge on any atom is 0.0991 e. The van der Waals surface area contributed by atoms with Gasteiger partial charge in [-0.2, -0.15) is 0 Å². The van der Waals surface area contributed by atoms with Crippen LogP contribution in [0.25, 0.3) is 10.8 Å². The molecule has 0 saturated carbocycles. The second-order valence-electron chi connectivity index (χ2n) is 4.79. The van der Waals surface area contributed by atoms with E-state index in [1.807, 2.05) is 48.5 Å². The number of hydrogen-bond acceptors (Lipinski definition) is 2. The molecular formula is C18H16N2S. The third-order valence-electron chi connectivity index (χ3n) is 3.29. The summed E-state index contributed by atoms with van der Waals surface area (Å²) < 4.78 is 0. The average Bonchev–Trinajstić information content (AvgIpc) is 2.54. The molecule has 2 N–H and O–H groups in total. The van der Waals surface area contributed by atoms with E-state index >= 15 is 0 Å². The van der Waals surface area contributed by atoms with Gasteiger partial charge in [-0.15, -0.1) is 0 Å². The number of hydrogen-bond donors (Lipinski definition) is 2. The van der Waals surface area contributed by atoms with Gasteiger partial charge in [-0.05, 0) is 23.6 Å². The van der Waals surface area contributed by atoms with Crippen molar-refractivity contribution in [2.24, 2.45) is 0 Å². The van der Waals surface area contributed by atoms with E-state index in [9.17, 15) is 0 Å². The first-order valence-corrected chi connectivity index (χ1v) is 7.30. The molecule has 2 nitrogen and oxygen atoms in total. The fourth-order valence-corrected chi connectivity index (χ4v) is 2.45. The Bertz CT molecular complexity index is 748. The van der Waals surface area contributed by atoms with Crippen molar-refractivity contribution >= 4 is 39.4 Å². The third-order valence-corrected chi connectivity index (χ3v) is 3.54. The Hall–Kier alpha value is -2.39. The molecule has 0 heterocycles. The van der Waals surface area contributed by atoms with E-state index < -0.39 is 0 Å². The molecule has 104 valence electrons. The molecule has 0 fully saturated rings. The van der Waals surface area contributed by atoms with Gasteiger partial charge in [-0.3, -0.25) is 0 Å². The zero-order chi connectivity index (χ0) is 14.5. The lowest BCUT2D eigenvalue weighted by atomic mass is 10.1. The summed E-state index contributed by atoms with van der Waals surface area (Å²) in [5.74, 6) is 0. The summed E-state index contributed by atoms with van der Waals surface area (Å²) in [4.78, 5) is 0.773. The summed E-state index contributed by atoms with van der Waals surface area (Å²) in [5.41, 5.74) is 2.12. The van der Waals surface area contributed by atoms with Crippen LogP contribution in [-0.2, 0) is 0 Å². The Morgan fingerprint density at radius 3 is 2.38 bits per heavy atom. The maximum atomic E-state index is 5.42. The van der Waals surface area contributed by atoms with Crippen LogP contribution in [0.5, 0.6) is 0 Å². The highest BCUT2D eigenvalue weighted by atomic mass is 32.1. The lowest BCUT2D eigenvalue weighted by molar-refractivity contribution is 1.40. The molecule has 0 atom stereocenters. The van der Waals surface area contributed by atoms with Gasteiger partial charge in [0.15, 0.2) is 0 Å². The second-order valence-corrected chi connectivity index (χ2v) is 5.29. The molecule has 0 amide bonds. The highest BCUT2D eigenvalue weighted by Gasteiger charge is 2.02. The summed E-state index contributed by atoms with van der Waals surface area (Å²) in [6.45, 7) is 0.614. The molecule has 0 aliphatic rings. The van der Waals surface area contributed by atoms with Gasteiger partial charge in [0.1, 0.15) is 0 Å². The number of fused-ring (bicyclic) bond motifs is 1. The molecule has 21 heavy (non-hydrogen) atoms. The highest BCUT2D eigenvalue weighted by molar-refractivity contribution is 7.80. The van der Waals surface area contributed by atoms with Gasteiger partial charge in [-0.1, -0.05) is 66.8 Å². The molecule has 3 aromatic carbocycles. The first-order valence-electron chi connectivity index (χ1n) is 6.89. The van der Waals surface area contributed by atoms with Crippen LogP contribution in [0.1, 0.15) is 0 Å². The van der Waals surface area contributed by atoms with Crippen LogP contribution < -0.4 is 10.6 Å². The lowest BCUT2D eigenvalue weighted by Crippen LogP contribution is -2.19. The van der Waals surface area contributed by atoms with Crippen molar-refractivity contribution < 1.29 is 0 Å². The van der Waals surface area contributed by atoms with E-state index in [2.05, 4.69) is 34.9 Å². The minimum Gasteiger partial charge on any atom is -0.379 e. The molecule has 0 radical (unpaired) electrons. The smallest absolute Gasteiger partial charge is 0.0991 e. The average molecular weight is 292 g/mol. The summed E-state index contributed by atoms with van der Waals surface area (Å²) in [5, 5.41) is 9.03. The summed E-state index contributed by atoms with van der Waals surface area (Å²) in [6.07, 6.45) is 0. The third kappa shape index (κ3) is 3.38. The van der Waals surface area contributed by atoms with E-state index in [4.69, 9.17) is 12.2 Å². The van der Waals surface area contributed by atoms with Gasteiger partial charge in [0.25, 0.3) is 0 Å². The monoisotopic (exact) mass is 292 g/mol. The Kier molecular flexibility index (Phi) is 4.12. The summed E-state index contributed by atoms with van der Waals surface area (Å²) in [7, 11) is 0. The molecule has 0 saturated heterocycles. The van der Waals surface area contributed by atoms with E-state index in [1.165, 1.54) is 10.8 Å². The Morgan fingerprint density at radius 1 is 0.810 bits per heavy atom. The molecule has 3 rings (SSSR count). The van der Waals surface area contributed by atoms with Crippen LogP contribution in [0.3, 0.4) is 0 Å². The minimum absolute atomic E-state index is 0.614. The zero-order valence-corrected chi connectivity index (χ0v) is 12.4. The number of rotatable bonds is 4. The number of thiocarbonyl (C=S) groups is 1. The van der Waals surface area contributed by atoms with Gasteiger partial charge in [-0.25, -0.2) is 0 Å². The lowest BCUT2D eigenvalue weighted by Gasteiger charge is -2.12. The number of para-hydroxylation sites is 1. The van der Waals surface area contributed by atoms with E-state index in [0.717, 1.165) is 16.4 Å². The molecular weight excluding hydrogens is 276 g/mol. The molecule has 3 aromatic rings. The molecule has 3 heteroatoms. The Balaban J connectivity index is 1.69. The van der Waals surface area contributed by atoms with Gasteiger partial charge in [0.2, 0.25) is 0 Å². The molecule has 0 unspecified atom stereocenters. The van der Waals surface area contributed by atoms with Crippen molar-refractivity contribution in [2.75, 3.05) is 17.2 Å². The normalized spacial score (nSPS) is 10.3. The quantitative estimate of drug-likeness (QED) is 0.682. The van der Waals surface area contributed by atoms with Crippen LogP contribution >= 0.6 is 12.2 Å². The van der Waals surface area contributed by atoms with Crippen LogP contribution in [0, 0.1) is 0 Å². The van der Waals surface area contributed by atoms with Crippen molar-refractivity contribution in [3.05, 3.63) is 72.8 Å². The molecule has 0 bridgehead atoms. The number of nitrogens with one attached hydrogen (secondary N) is 2. The van der Waals surface area contributed by atoms with Crippen LogP contribution in [0.15, 0.2) is 72.8 Å². The minimum atomic E-state index is 0.614. The SMILES string of the molecule is S=C(CNc1ccccc1)Nc1cccc2ccccc12. The van der Waals surface area contributed by atoms with E-state index in [-0.39, 0.29) is 0 Å². The Morgan fingerprint density at radius 2 is 1.52 bits per heavy atom. The van der Waals surface area contributed by atoms with Gasteiger partial charge >= 0.3 is 0 Å². The predicted molar refractivity (Wildman–Crippen MR) is 95.1 cm³/mol. The standard InChI is InChI=1S/C18H16N2S/c21-18(13-19-15-9-2-1-3-10-15)20-17-12-6-8-14-7-4-5-11-16(14)17/h1-12,19H,13H2,(H,20,21). The largest absolute Gasteiger partial charge is 0.379 e. The van der Waals surface area contributed by atoms with Crippen molar-refractivity contribution in [3.63, 3.8) is 0 Å². The molecule has 0 spiro atoms. The van der Waals surface area contributed by atoms with Gasteiger partial charge < -0.3 is 10.6 Å². The predicted octanol–water partition coefficient (Wildman–Crippen LogP) is 4.69. The highest BCUT2D eigenvalue weighted by Crippen LogP contribution is 2.22. The van der Waals surface area contributed by atoms with Crippen LogP contribution in [0.2, 0.25) is 0 Å². The van der Waals surface area contributed by atoms with Crippen molar-refractivity contribution in [3.8, 4) is 0 Å². The summed E-state index contributed by atoms with van der Waals surface area (Å²) >= 11 is 5.42. The van der Waals surface area contributed by atoms with Gasteiger partial charge in [0.05, 0.1) is 11.5 Å². The summed E-state index contributed by atoms with van der Waals surface area (Å²) in [6, 6.07) is 24.5. The van der Waals surface area contributed by atoms with Crippen LogP contribution in [0.4, 0.5) is 11.4 Å². The fourth-order valence-electron chi connectivity index (χ4n) is 2.27. The van der Waals surface area contributed by atoms with Crippen molar-refractivity contribution in [1.82, 2.24) is 0 Å². The zero-order valence-electron chi connectivity index (χ0n) is 11.5. The molecule has 0 aliphatic heterocycles. The van der Waals surface area contributed by atoms with E-state index in [1.54, 1.807) is 0 Å².